The normalized spacial score (nSPS) is 19.2. The van der Waals surface area contributed by atoms with Gasteiger partial charge in [0.1, 0.15) is 11.9 Å². The van der Waals surface area contributed by atoms with Crippen LogP contribution in [0.4, 0.5) is 4.39 Å². The zero-order valence-corrected chi connectivity index (χ0v) is 25.9. The van der Waals surface area contributed by atoms with Gasteiger partial charge in [0.15, 0.2) is 0 Å². The highest BCUT2D eigenvalue weighted by Gasteiger charge is 2.25. The summed E-state index contributed by atoms with van der Waals surface area (Å²) < 4.78 is 19.0. The molecule has 42 heavy (non-hydrogen) atoms. The number of ether oxygens (including phenoxy) is 1. The van der Waals surface area contributed by atoms with Gasteiger partial charge in [0.2, 0.25) is 0 Å². The molecule has 0 bridgehead atoms. The molecule has 0 N–H and O–H groups in total. The number of aryl methyl sites for hydroxylation is 3. The summed E-state index contributed by atoms with van der Waals surface area (Å²) in [5.74, 6) is 0.905. The molecule has 1 aliphatic carbocycles. The Balaban J connectivity index is 1.36. The predicted molar refractivity (Wildman–Crippen MR) is 176 cm³/mol. The molecular weight excluding hydrogens is 539 g/mol. The fourth-order valence-corrected chi connectivity index (χ4v) is 7.45. The second kappa shape index (κ2) is 12.5. The third-order valence-corrected chi connectivity index (χ3v) is 9.76. The maximum atomic E-state index is 12.6. The second-order valence-electron chi connectivity index (χ2n) is 11.9. The van der Waals surface area contributed by atoms with Crippen LogP contribution in [0.2, 0.25) is 0 Å². The summed E-state index contributed by atoms with van der Waals surface area (Å²) in [6.45, 7) is 11.0. The zero-order valence-electron chi connectivity index (χ0n) is 25.1. The number of nitrogens with zero attached hydrogens (tertiary/aromatic N) is 2. The number of hydrogen-bond donors (Lipinski definition) is 0. The van der Waals surface area contributed by atoms with Crippen LogP contribution in [0, 0.1) is 13.8 Å². The van der Waals surface area contributed by atoms with Crippen LogP contribution in [0.3, 0.4) is 0 Å². The Morgan fingerprint density at radius 2 is 1.76 bits per heavy atom. The first-order chi connectivity index (χ1) is 20.4. The third-order valence-electron chi connectivity index (χ3n) is 8.88. The first-order valence-corrected chi connectivity index (χ1v) is 16.1. The Morgan fingerprint density at radius 3 is 2.50 bits per heavy atom. The predicted octanol–water partition coefficient (Wildman–Crippen LogP) is 8.86. The molecule has 5 heteroatoms. The van der Waals surface area contributed by atoms with Crippen molar-refractivity contribution in [3.63, 3.8) is 0 Å². The lowest BCUT2D eigenvalue weighted by atomic mass is 9.85. The number of halogens is 1. The van der Waals surface area contributed by atoms with E-state index in [0.29, 0.717) is 6.42 Å². The summed E-state index contributed by atoms with van der Waals surface area (Å²) in [5.41, 5.74) is 13.1. The Labute approximate surface area is 254 Å². The molecule has 1 atom stereocenters. The van der Waals surface area contributed by atoms with Crippen LogP contribution in [0.5, 0.6) is 5.75 Å². The molecule has 2 aliphatic heterocycles. The van der Waals surface area contributed by atoms with E-state index in [2.05, 4.69) is 103 Å². The number of alkyl halides is 1. The second-order valence-corrected chi connectivity index (χ2v) is 12.8. The quantitative estimate of drug-likeness (QED) is 0.264. The molecule has 3 aromatic rings. The minimum absolute atomic E-state index is 0.162. The number of fused-ring (bicyclic) bond motifs is 1. The van der Waals surface area contributed by atoms with Gasteiger partial charge in [0, 0.05) is 32.1 Å². The maximum absolute atomic E-state index is 12.6. The SMILES string of the molecule is C=C1SC=C(c2ccc3c(c2)CCCC(c2ccc(C)cc2C)=C3c2ccc(OC3CCN(CCCF)C3)cc2)N1C. The van der Waals surface area contributed by atoms with Gasteiger partial charge in [-0.05, 0) is 109 Å². The van der Waals surface area contributed by atoms with Crippen LogP contribution in [-0.4, -0.2) is 49.3 Å². The molecular formula is C37H41FN2OS. The van der Waals surface area contributed by atoms with Gasteiger partial charge in [0.25, 0.3) is 0 Å². The van der Waals surface area contributed by atoms with E-state index in [9.17, 15) is 4.39 Å². The van der Waals surface area contributed by atoms with Crippen molar-refractivity contribution in [1.29, 1.82) is 0 Å². The highest BCUT2D eigenvalue weighted by atomic mass is 32.2. The van der Waals surface area contributed by atoms with Crippen molar-refractivity contribution in [3.8, 4) is 5.75 Å². The average molecular weight is 581 g/mol. The average Bonchev–Trinajstić information content (AvgIpc) is 3.52. The molecule has 1 unspecified atom stereocenters. The van der Waals surface area contributed by atoms with Gasteiger partial charge in [0.05, 0.1) is 17.4 Å². The van der Waals surface area contributed by atoms with Gasteiger partial charge in [-0.2, -0.15) is 0 Å². The highest BCUT2D eigenvalue weighted by molar-refractivity contribution is 8.06. The van der Waals surface area contributed by atoms with Crippen LogP contribution in [0.25, 0.3) is 16.8 Å². The molecule has 0 aromatic heterocycles. The fraction of sp³-hybridized carbons (Fsp3) is 0.351. The Hall–Kier alpha value is -3.28. The van der Waals surface area contributed by atoms with E-state index in [-0.39, 0.29) is 12.8 Å². The number of hydrogen-bond acceptors (Lipinski definition) is 4. The topological polar surface area (TPSA) is 15.7 Å². The summed E-state index contributed by atoms with van der Waals surface area (Å²) >= 11 is 1.69. The van der Waals surface area contributed by atoms with Gasteiger partial charge in [-0.3, -0.25) is 9.29 Å². The first-order valence-electron chi connectivity index (χ1n) is 15.2. The molecule has 0 amide bonds. The molecule has 0 radical (unpaired) electrons. The van der Waals surface area contributed by atoms with E-state index in [1.807, 2.05) is 0 Å². The van der Waals surface area contributed by atoms with Crippen molar-refractivity contribution in [2.75, 3.05) is 33.4 Å². The minimum atomic E-state index is -0.252. The standard InChI is InChI=1S/C37H41FN2OS/c1-25-9-15-33(26(2)21-25)35-8-5-7-29-22-30(36-24-42-27(3)39(36)4)12-16-34(29)37(35)28-10-13-31(14-11-28)41-32-17-20-40(23-32)19-6-18-38/h9-16,21-22,24,32H,3,5-8,17-20,23H2,1-2,4H3. The molecule has 1 fully saturated rings. The Morgan fingerprint density at radius 1 is 0.976 bits per heavy atom. The van der Waals surface area contributed by atoms with Crippen LogP contribution in [-0.2, 0) is 6.42 Å². The molecule has 3 aromatic carbocycles. The van der Waals surface area contributed by atoms with Crippen LogP contribution < -0.4 is 4.74 Å². The Bertz CT molecular complexity index is 1540. The van der Waals surface area contributed by atoms with Crippen molar-refractivity contribution >= 4 is 28.6 Å². The van der Waals surface area contributed by atoms with E-state index in [1.54, 1.807) is 11.8 Å². The van der Waals surface area contributed by atoms with Crippen LogP contribution in [0.1, 0.15) is 64.6 Å². The van der Waals surface area contributed by atoms with Gasteiger partial charge >= 0.3 is 0 Å². The molecule has 6 rings (SSSR count). The zero-order chi connectivity index (χ0) is 29.2. The van der Waals surface area contributed by atoms with Crippen molar-refractivity contribution in [1.82, 2.24) is 9.80 Å². The molecule has 1 saturated heterocycles. The van der Waals surface area contributed by atoms with E-state index in [0.717, 1.165) is 56.1 Å². The van der Waals surface area contributed by atoms with Crippen molar-refractivity contribution < 1.29 is 9.13 Å². The van der Waals surface area contributed by atoms with Gasteiger partial charge in [-0.25, -0.2) is 0 Å². The summed E-state index contributed by atoms with van der Waals surface area (Å²) in [4.78, 5) is 4.49. The fourth-order valence-electron chi connectivity index (χ4n) is 6.65. The van der Waals surface area contributed by atoms with Gasteiger partial charge in [-0.1, -0.05) is 66.4 Å². The third kappa shape index (κ3) is 5.95. The number of allylic oxidation sites excluding steroid dienone is 1. The molecule has 3 nitrogen and oxygen atoms in total. The maximum Gasteiger partial charge on any atom is 0.119 e. The summed E-state index contributed by atoms with van der Waals surface area (Å²) in [6.07, 6.45) is 4.95. The highest BCUT2D eigenvalue weighted by Crippen LogP contribution is 2.43. The largest absolute Gasteiger partial charge is 0.489 e. The van der Waals surface area contributed by atoms with Crippen molar-refractivity contribution in [3.05, 3.63) is 117 Å². The summed E-state index contributed by atoms with van der Waals surface area (Å²) in [6, 6.07) is 22.6. The van der Waals surface area contributed by atoms with Crippen LogP contribution in [0.15, 0.2) is 77.7 Å². The number of likely N-dealkylation sites (tertiary alicyclic amines) is 1. The van der Waals surface area contributed by atoms with Gasteiger partial charge in [-0.15, -0.1) is 0 Å². The minimum Gasteiger partial charge on any atom is -0.489 e. The number of benzene rings is 3. The molecule has 3 aliphatic rings. The summed E-state index contributed by atoms with van der Waals surface area (Å²) in [5, 5.41) is 3.27. The van der Waals surface area contributed by atoms with E-state index < -0.39 is 0 Å². The number of rotatable bonds is 8. The smallest absolute Gasteiger partial charge is 0.119 e. The lowest BCUT2D eigenvalue weighted by Gasteiger charge is -2.21. The Kier molecular flexibility index (Phi) is 8.60. The van der Waals surface area contributed by atoms with Crippen molar-refractivity contribution in [2.45, 2.75) is 52.1 Å². The molecule has 0 spiro atoms. The van der Waals surface area contributed by atoms with Crippen LogP contribution >= 0.6 is 11.8 Å². The molecule has 0 saturated carbocycles. The first kappa shape index (κ1) is 28.8. The van der Waals surface area contributed by atoms with E-state index in [1.165, 1.54) is 55.8 Å². The molecule has 2 heterocycles. The lowest BCUT2D eigenvalue weighted by Crippen LogP contribution is -2.26. The monoisotopic (exact) mass is 580 g/mol. The number of thioether (sulfide) groups is 1. The summed E-state index contributed by atoms with van der Waals surface area (Å²) in [7, 11) is 2.10. The van der Waals surface area contributed by atoms with E-state index in [4.69, 9.17) is 4.74 Å². The van der Waals surface area contributed by atoms with E-state index >= 15 is 0 Å². The van der Waals surface area contributed by atoms with Gasteiger partial charge < -0.3 is 9.64 Å². The lowest BCUT2D eigenvalue weighted by molar-refractivity contribution is 0.198. The molecule has 218 valence electrons. The van der Waals surface area contributed by atoms with Crippen molar-refractivity contribution in [2.24, 2.45) is 0 Å².